The quantitative estimate of drug-likeness (QED) is 0.773. The number of benzene rings is 2. The molecule has 0 aliphatic carbocycles. The minimum absolute atomic E-state index is 0.220. The molecule has 0 saturated heterocycles. The molecule has 2 N–H and O–H groups in total. The summed E-state index contributed by atoms with van der Waals surface area (Å²) >= 11 is 0. The molecule has 0 radical (unpaired) electrons. The van der Waals surface area contributed by atoms with Crippen molar-refractivity contribution in [2.24, 2.45) is 0 Å². The number of rotatable bonds is 5. The molecule has 2 amide bonds. The van der Waals surface area contributed by atoms with Gasteiger partial charge in [0.1, 0.15) is 5.92 Å². The number of carboxylic acids is 1. The Hall–Kier alpha value is -3.75. The van der Waals surface area contributed by atoms with Crippen molar-refractivity contribution in [2.45, 2.75) is 12.0 Å². The van der Waals surface area contributed by atoms with Gasteiger partial charge in [-0.2, -0.15) is 0 Å². The molecule has 2 aromatic carbocycles. The number of fused-ring (bicyclic) bond motifs is 1. The molecule has 0 bridgehead atoms. The minimum atomic E-state index is -1.12. The Balaban J connectivity index is 2.22. The van der Waals surface area contributed by atoms with E-state index < -0.39 is 24.0 Å². The van der Waals surface area contributed by atoms with Crippen molar-refractivity contribution in [3.8, 4) is 11.5 Å². The van der Waals surface area contributed by atoms with Crippen LogP contribution in [0.15, 0.2) is 36.4 Å². The number of hydrogen-bond donors (Lipinski definition) is 2. The number of methoxy groups -OCH3 is 3. The first-order valence-corrected chi connectivity index (χ1v) is 9.03. The molecule has 3 rings (SSSR count). The van der Waals surface area contributed by atoms with Crippen LogP contribution in [0.1, 0.15) is 33.4 Å². The van der Waals surface area contributed by atoms with Gasteiger partial charge in [0, 0.05) is 18.3 Å². The smallest absolute Gasteiger partial charge is 0.411 e. The third kappa shape index (κ3) is 3.49. The maximum atomic E-state index is 13.2. The van der Waals surface area contributed by atoms with Crippen LogP contribution in [-0.2, 0) is 9.53 Å². The van der Waals surface area contributed by atoms with Crippen LogP contribution in [0.25, 0.3) is 0 Å². The fraction of sp³-hybridized carbons (Fsp3) is 0.286. The molecular weight excluding hydrogens is 392 g/mol. The lowest BCUT2D eigenvalue weighted by Gasteiger charge is -2.39. The standard InChI is InChI=1S/C21H22N2O7/c1-23-18(11-7-5-6-8-14(11)22-21(27)30-4)17(20(25)26)12-9-15(28-2)16(29-3)10-13(12)19(23)24/h5-10,17-18H,1-4H3,(H,22,27)(H,25,26). The maximum absolute atomic E-state index is 13.2. The zero-order chi connectivity index (χ0) is 22.0. The minimum Gasteiger partial charge on any atom is -0.493 e. The molecule has 1 heterocycles. The van der Waals surface area contributed by atoms with Crippen LogP contribution in [-0.4, -0.2) is 56.4 Å². The van der Waals surface area contributed by atoms with E-state index >= 15 is 0 Å². The summed E-state index contributed by atoms with van der Waals surface area (Å²) in [5.41, 5.74) is 1.34. The first kappa shape index (κ1) is 21.0. The van der Waals surface area contributed by atoms with Gasteiger partial charge < -0.3 is 24.2 Å². The van der Waals surface area contributed by atoms with Gasteiger partial charge in [0.25, 0.3) is 5.91 Å². The van der Waals surface area contributed by atoms with Crippen molar-refractivity contribution in [1.29, 1.82) is 0 Å². The average molecular weight is 414 g/mol. The van der Waals surface area contributed by atoms with Crippen molar-refractivity contribution in [3.05, 3.63) is 53.1 Å². The Morgan fingerprint density at radius 3 is 2.27 bits per heavy atom. The Bertz CT molecular complexity index is 1000. The third-order valence-electron chi connectivity index (χ3n) is 5.14. The average Bonchev–Trinajstić information content (AvgIpc) is 2.75. The second-order valence-electron chi connectivity index (χ2n) is 6.68. The summed E-state index contributed by atoms with van der Waals surface area (Å²) in [4.78, 5) is 38.6. The summed E-state index contributed by atoms with van der Waals surface area (Å²) in [6.07, 6.45) is -0.703. The van der Waals surface area contributed by atoms with Crippen LogP contribution in [0.3, 0.4) is 0 Å². The monoisotopic (exact) mass is 414 g/mol. The van der Waals surface area contributed by atoms with Crippen molar-refractivity contribution < 1.29 is 33.7 Å². The summed E-state index contributed by atoms with van der Waals surface area (Å²) in [5.74, 6) is -1.96. The number of likely N-dealkylation sites (N-methyl/N-ethyl adjacent to an activating group) is 1. The molecule has 9 nitrogen and oxygen atoms in total. The third-order valence-corrected chi connectivity index (χ3v) is 5.14. The number of carbonyl (C=O) groups excluding carboxylic acids is 2. The molecule has 158 valence electrons. The summed E-state index contributed by atoms with van der Waals surface area (Å²) in [5, 5.41) is 12.7. The molecule has 2 unspecified atom stereocenters. The number of nitrogens with zero attached hydrogens (tertiary/aromatic N) is 1. The summed E-state index contributed by atoms with van der Waals surface area (Å²) < 4.78 is 15.2. The van der Waals surface area contributed by atoms with E-state index in [9.17, 15) is 19.5 Å². The maximum Gasteiger partial charge on any atom is 0.411 e. The number of carboxylic acid groups (broad SMARTS) is 1. The molecule has 0 saturated carbocycles. The van der Waals surface area contributed by atoms with E-state index in [0.717, 1.165) is 0 Å². The van der Waals surface area contributed by atoms with Crippen molar-refractivity contribution in [3.63, 3.8) is 0 Å². The lowest BCUT2D eigenvalue weighted by Crippen LogP contribution is -2.43. The number of para-hydroxylation sites is 1. The largest absolute Gasteiger partial charge is 0.493 e. The van der Waals surface area contributed by atoms with Gasteiger partial charge in [0.05, 0.1) is 27.4 Å². The van der Waals surface area contributed by atoms with Gasteiger partial charge in [-0.05, 0) is 29.3 Å². The fourth-order valence-electron chi connectivity index (χ4n) is 3.73. The van der Waals surface area contributed by atoms with Crippen LogP contribution in [0.5, 0.6) is 11.5 Å². The van der Waals surface area contributed by atoms with Gasteiger partial charge >= 0.3 is 12.1 Å². The van der Waals surface area contributed by atoms with Gasteiger partial charge in [0.2, 0.25) is 0 Å². The van der Waals surface area contributed by atoms with E-state index in [2.05, 4.69) is 10.1 Å². The van der Waals surface area contributed by atoms with Gasteiger partial charge in [-0.15, -0.1) is 0 Å². The molecule has 9 heteroatoms. The van der Waals surface area contributed by atoms with Crippen LogP contribution >= 0.6 is 0 Å². The van der Waals surface area contributed by atoms with E-state index in [4.69, 9.17) is 9.47 Å². The molecule has 30 heavy (non-hydrogen) atoms. The number of ether oxygens (including phenoxy) is 3. The molecule has 0 spiro atoms. The zero-order valence-electron chi connectivity index (χ0n) is 17.0. The predicted molar refractivity (Wildman–Crippen MR) is 107 cm³/mol. The lowest BCUT2D eigenvalue weighted by atomic mass is 9.79. The van der Waals surface area contributed by atoms with Gasteiger partial charge in [0.15, 0.2) is 11.5 Å². The number of carbonyl (C=O) groups is 3. The van der Waals surface area contributed by atoms with Crippen molar-refractivity contribution in [1.82, 2.24) is 4.90 Å². The van der Waals surface area contributed by atoms with Crippen molar-refractivity contribution in [2.75, 3.05) is 33.7 Å². The predicted octanol–water partition coefficient (Wildman–Crippen LogP) is 2.88. The Morgan fingerprint density at radius 2 is 1.67 bits per heavy atom. The first-order chi connectivity index (χ1) is 14.3. The summed E-state index contributed by atoms with van der Waals surface area (Å²) in [6, 6.07) is 8.80. The highest BCUT2D eigenvalue weighted by Crippen LogP contribution is 2.47. The van der Waals surface area contributed by atoms with E-state index in [-0.39, 0.29) is 11.5 Å². The number of nitrogens with one attached hydrogen (secondary N) is 1. The highest BCUT2D eigenvalue weighted by Gasteiger charge is 2.44. The number of aliphatic carboxylic acids is 1. The molecule has 0 fully saturated rings. The number of anilines is 1. The van der Waals surface area contributed by atoms with E-state index in [1.807, 2.05) is 0 Å². The second-order valence-corrected chi connectivity index (χ2v) is 6.68. The molecule has 1 aliphatic rings. The summed E-state index contributed by atoms with van der Waals surface area (Å²) in [7, 11) is 5.62. The molecular formula is C21H22N2O7. The fourth-order valence-corrected chi connectivity index (χ4v) is 3.73. The van der Waals surface area contributed by atoms with Gasteiger partial charge in [-0.25, -0.2) is 4.79 Å². The van der Waals surface area contributed by atoms with E-state index in [1.165, 1.54) is 45.4 Å². The Labute approximate surface area is 173 Å². The molecule has 2 aromatic rings. The molecule has 0 aromatic heterocycles. The van der Waals surface area contributed by atoms with Crippen LogP contribution < -0.4 is 14.8 Å². The second kappa shape index (κ2) is 8.32. The zero-order valence-corrected chi connectivity index (χ0v) is 17.0. The van der Waals surface area contributed by atoms with Gasteiger partial charge in [-0.3, -0.25) is 14.9 Å². The summed E-state index contributed by atoms with van der Waals surface area (Å²) in [6.45, 7) is 0. The Kier molecular flexibility index (Phi) is 5.81. The number of amides is 2. The highest BCUT2D eigenvalue weighted by atomic mass is 16.5. The van der Waals surface area contributed by atoms with Gasteiger partial charge in [-0.1, -0.05) is 18.2 Å². The Morgan fingerprint density at radius 1 is 1.03 bits per heavy atom. The topological polar surface area (TPSA) is 114 Å². The number of hydrogen-bond acceptors (Lipinski definition) is 6. The molecule has 1 aliphatic heterocycles. The first-order valence-electron chi connectivity index (χ1n) is 9.03. The van der Waals surface area contributed by atoms with Crippen LogP contribution in [0.4, 0.5) is 10.5 Å². The SMILES string of the molecule is COC(=O)Nc1ccccc1C1C(C(=O)O)c2cc(OC)c(OC)cc2C(=O)N1C. The van der Waals surface area contributed by atoms with E-state index in [1.54, 1.807) is 24.3 Å². The van der Waals surface area contributed by atoms with E-state index in [0.29, 0.717) is 28.3 Å². The van der Waals surface area contributed by atoms with Crippen LogP contribution in [0, 0.1) is 0 Å². The highest BCUT2D eigenvalue weighted by molar-refractivity contribution is 6.01. The normalized spacial score (nSPS) is 17.7. The molecule has 2 atom stereocenters. The van der Waals surface area contributed by atoms with Crippen molar-refractivity contribution >= 4 is 23.7 Å². The van der Waals surface area contributed by atoms with Crippen LogP contribution in [0.2, 0.25) is 0 Å². The lowest BCUT2D eigenvalue weighted by molar-refractivity contribution is -0.140.